The monoisotopic (exact) mass is 251 g/mol. The minimum Gasteiger partial charge on any atom is -0.493 e. The van der Waals surface area contributed by atoms with Gasteiger partial charge in [-0.05, 0) is 17.5 Å². The van der Waals surface area contributed by atoms with Crippen molar-refractivity contribution in [2.75, 3.05) is 21.3 Å². The Labute approximate surface area is 103 Å². The van der Waals surface area contributed by atoms with Gasteiger partial charge in [-0.15, -0.1) is 11.3 Å². The highest BCUT2D eigenvalue weighted by atomic mass is 32.1. The van der Waals surface area contributed by atoms with Crippen LogP contribution in [0.15, 0.2) is 18.2 Å². The smallest absolute Gasteiger partial charge is 0.261 e. The van der Waals surface area contributed by atoms with Gasteiger partial charge in [0.05, 0.1) is 19.1 Å². The average molecular weight is 251 g/mol. The van der Waals surface area contributed by atoms with Gasteiger partial charge in [0.25, 0.3) is 5.91 Å². The summed E-state index contributed by atoms with van der Waals surface area (Å²) in [6.45, 7) is 0. The summed E-state index contributed by atoms with van der Waals surface area (Å²) in [6, 6.07) is 5.60. The van der Waals surface area contributed by atoms with Crippen molar-refractivity contribution >= 4 is 27.3 Å². The van der Waals surface area contributed by atoms with Crippen molar-refractivity contribution < 1.29 is 14.3 Å². The van der Waals surface area contributed by atoms with E-state index in [0.717, 1.165) is 10.1 Å². The lowest BCUT2D eigenvalue weighted by Gasteiger charge is -2.06. The Morgan fingerprint density at radius 2 is 1.82 bits per heavy atom. The molecule has 0 aliphatic heterocycles. The van der Waals surface area contributed by atoms with Crippen molar-refractivity contribution in [3.05, 3.63) is 23.1 Å². The molecule has 0 atom stereocenters. The molecule has 90 valence electrons. The lowest BCUT2D eigenvalue weighted by atomic mass is 10.2. The number of amides is 1. The van der Waals surface area contributed by atoms with Gasteiger partial charge >= 0.3 is 0 Å². The predicted octanol–water partition coefficient (Wildman–Crippen LogP) is 2.28. The molecule has 0 aliphatic carbocycles. The number of nitrogens with one attached hydrogen (secondary N) is 1. The minimum absolute atomic E-state index is 0.0795. The van der Waals surface area contributed by atoms with Gasteiger partial charge in [0.2, 0.25) is 0 Å². The van der Waals surface area contributed by atoms with Gasteiger partial charge in [0, 0.05) is 17.8 Å². The number of carbonyl (C=O) groups excluding carboxylic acids is 1. The SMILES string of the molecule is CNC(=O)c1cc2cc(OC)c(OC)cc2s1. The predicted molar refractivity (Wildman–Crippen MR) is 68.3 cm³/mol. The van der Waals surface area contributed by atoms with E-state index in [0.29, 0.717) is 16.4 Å². The topological polar surface area (TPSA) is 47.6 Å². The Morgan fingerprint density at radius 3 is 2.41 bits per heavy atom. The summed E-state index contributed by atoms with van der Waals surface area (Å²) >= 11 is 1.43. The molecule has 4 nitrogen and oxygen atoms in total. The zero-order valence-corrected chi connectivity index (χ0v) is 10.7. The molecule has 0 saturated carbocycles. The third-order valence-corrected chi connectivity index (χ3v) is 3.57. The highest BCUT2D eigenvalue weighted by Crippen LogP contribution is 2.36. The van der Waals surface area contributed by atoms with Crippen molar-refractivity contribution in [2.45, 2.75) is 0 Å². The second-order valence-corrected chi connectivity index (χ2v) is 4.52. The fraction of sp³-hybridized carbons (Fsp3) is 0.250. The first-order valence-electron chi connectivity index (χ1n) is 5.07. The van der Waals surface area contributed by atoms with Gasteiger partial charge in [0.15, 0.2) is 11.5 Å². The molecule has 17 heavy (non-hydrogen) atoms. The lowest BCUT2D eigenvalue weighted by Crippen LogP contribution is -2.15. The number of ether oxygens (including phenoxy) is 2. The molecule has 0 fully saturated rings. The lowest BCUT2D eigenvalue weighted by molar-refractivity contribution is 0.0967. The van der Waals surface area contributed by atoms with E-state index < -0.39 is 0 Å². The molecule has 1 aromatic carbocycles. The van der Waals surface area contributed by atoms with E-state index in [1.165, 1.54) is 11.3 Å². The number of fused-ring (bicyclic) bond motifs is 1. The molecule has 1 aromatic heterocycles. The molecule has 0 aliphatic rings. The zero-order chi connectivity index (χ0) is 12.4. The number of benzene rings is 1. The summed E-state index contributed by atoms with van der Waals surface area (Å²) in [7, 11) is 4.81. The summed E-state index contributed by atoms with van der Waals surface area (Å²) in [5.41, 5.74) is 0. The number of methoxy groups -OCH3 is 2. The Hall–Kier alpha value is -1.75. The van der Waals surface area contributed by atoms with Crippen LogP contribution in [0.2, 0.25) is 0 Å². The summed E-state index contributed by atoms with van der Waals surface area (Å²) < 4.78 is 11.4. The van der Waals surface area contributed by atoms with Crippen molar-refractivity contribution in [2.24, 2.45) is 0 Å². The molecular formula is C12H13NO3S. The van der Waals surface area contributed by atoms with E-state index in [-0.39, 0.29) is 5.91 Å². The first-order valence-corrected chi connectivity index (χ1v) is 5.89. The Morgan fingerprint density at radius 1 is 1.18 bits per heavy atom. The van der Waals surface area contributed by atoms with Gasteiger partial charge in [-0.2, -0.15) is 0 Å². The van der Waals surface area contributed by atoms with Gasteiger partial charge in [-0.1, -0.05) is 0 Å². The normalized spacial score (nSPS) is 10.3. The summed E-state index contributed by atoms with van der Waals surface area (Å²) in [6.07, 6.45) is 0. The van der Waals surface area contributed by atoms with E-state index in [9.17, 15) is 4.79 Å². The summed E-state index contributed by atoms with van der Waals surface area (Å²) in [4.78, 5) is 12.2. The second kappa shape index (κ2) is 4.63. The molecule has 0 unspecified atom stereocenters. The van der Waals surface area contributed by atoms with Crippen LogP contribution in [0.4, 0.5) is 0 Å². The average Bonchev–Trinajstić information content (AvgIpc) is 2.78. The summed E-state index contributed by atoms with van der Waals surface area (Å²) in [5.74, 6) is 1.26. The molecule has 1 N–H and O–H groups in total. The third-order valence-electron chi connectivity index (χ3n) is 2.47. The minimum atomic E-state index is -0.0795. The molecule has 2 rings (SSSR count). The maximum absolute atomic E-state index is 11.5. The number of rotatable bonds is 3. The third kappa shape index (κ3) is 2.06. The largest absolute Gasteiger partial charge is 0.493 e. The quantitative estimate of drug-likeness (QED) is 0.910. The fourth-order valence-corrected chi connectivity index (χ4v) is 2.62. The van der Waals surface area contributed by atoms with Gasteiger partial charge in [0.1, 0.15) is 0 Å². The molecule has 1 amide bonds. The Balaban J connectivity index is 2.57. The Bertz CT molecular complexity index is 521. The zero-order valence-electron chi connectivity index (χ0n) is 9.87. The van der Waals surface area contributed by atoms with Crippen molar-refractivity contribution in [3.63, 3.8) is 0 Å². The van der Waals surface area contributed by atoms with Crippen LogP contribution in [0.3, 0.4) is 0 Å². The molecular weight excluding hydrogens is 238 g/mol. The van der Waals surface area contributed by atoms with Crippen LogP contribution in [0.5, 0.6) is 11.5 Å². The maximum atomic E-state index is 11.5. The van der Waals surface area contributed by atoms with E-state index >= 15 is 0 Å². The van der Waals surface area contributed by atoms with Gasteiger partial charge < -0.3 is 14.8 Å². The number of thiophene rings is 1. The van der Waals surface area contributed by atoms with Crippen LogP contribution < -0.4 is 14.8 Å². The molecule has 0 bridgehead atoms. The molecule has 0 radical (unpaired) electrons. The van der Waals surface area contributed by atoms with Crippen LogP contribution in [0, 0.1) is 0 Å². The van der Waals surface area contributed by atoms with Crippen molar-refractivity contribution in [1.29, 1.82) is 0 Å². The van der Waals surface area contributed by atoms with Crippen LogP contribution in [-0.2, 0) is 0 Å². The van der Waals surface area contributed by atoms with Crippen LogP contribution in [0.25, 0.3) is 10.1 Å². The highest BCUT2D eigenvalue weighted by molar-refractivity contribution is 7.20. The first kappa shape index (κ1) is 11.7. The van der Waals surface area contributed by atoms with E-state index in [1.54, 1.807) is 21.3 Å². The summed E-state index contributed by atoms with van der Waals surface area (Å²) in [5, 5.41) is 3.59. The number of carbonyl (C=O) groups is 1. The van der Waals surface area contributed by atoms with Gasteiger partial charge in [-0.25, -0.2) is 0 Å². The van der Waals surface area contributed by atoms with Crippen LogP contribution in [-0.4, -0.2) is 27.2 Å². The molecule has 1 heterocycles. The molecule has 2 aromatic rings. The van der Waals surface area contributed by atoms with Gasteiger partial charge in [-0.3, -0.25) is 4.79 Å². The molecule has 0 spiro atoms. The van der Waals surface area contributed by atoms with E-state index in [4.69, 9.17) is 9.47 Å². The van der Waals surface area contributed by atoms with Crippen LogP contribution >= 0.6 is 11.3 Å². The van der Waals surface area contributed by atoms with E-state index in [2.05, 4.69) is 5.32 Å². The first-order chi connectivity index (χ1) is 8.19. The fourth-order valence-electron chi connectivity index (χ4n) is 1.60. The Kier molecular flexibility index (Phi) is 3.19. The van der Waals surface area contributed by atoms with Crippen molar-refractivity contribution in [1.82, 2.24) is 5.32 Å². The second-order valence-electron chi connectivity index (χ2n) is 3.43. The number of hydrogen-bond donors (Lipinski definition) is 1. The molecule has 0 saturated heterocycles. The number of hydrogen-bond acceptors (Lipinski definition) is 4. The van der Waals surface area contributed by atoms with Crippen molar-refractivity contribution in [3.8, 4) is 11.5 Å². The van der Waals surface area contributed by atoms with E-state index in [1.807, 2.05) is 18.2 Å². The maximum Gasteiger partial charge on any atom is 0.261 e. The standard InChI is InChI=1S/C12H13NO3S/c1-13-12(14)11-5-7-4-8(15-2)9(16-3)6-10(7)17-11/h4-6H,1-3H3,(H,13,14). The molecule has 5 heteroatoms. The van der Waals surface area contributed by atoms with Crippen LogP contribution in [0.1, 0.15) is 9.67 Å². The highest BCUT2D eigenvalue weighted by Gasteiger charge is 2.12.